The molecule has 5 nitrogen and oxygen atoms in total. The van der Waals surface area contributed by atoms with Crippen molar-refractivity contribution in [3.8, 4) is 0 Å². The fraction of sp³-hybridized carbons (Fsp3) is 0.538. The monoisotopic (exact) mass is 304 g/mol. The molecule has 7 heteroatoms. The molecule has 0 heterocycles. The zero-order valence-corrected chi connectivity index (χ0v) is 12.8. The second-order valence-corrected chi connectivity index (χ2v) is 6.24. The van der Waals surface area contributed by atoms with Gasteiger partial charge < -0.3 is 10.5 Å². The Morgan fingerprint density at radius 2 is 2.00 bits per heavy atom. The lowest BCUT2D eigenvalue weighted by Crippen LogP contribution is -2.34. The van der Waals surface area contributed by atoms with Gasteiger partial charge in [0.05, 0.1) is 6.61 Å². The average Bonchev–Trinajstić information content (AvgIpc) is 2.38. The van der Waals surface area contributed by atoms with Crippen LogP contribution < -0.4 is 5.73 Å². The van der Waals surface area contributed by atoms with Crippen molar-refractivity contribution in [1.82, 2.24) is 4.31 Å². The van der Waals surface area contributed by atoms with E-state index in [1.165, 1.54) is 10.4 Å². The number of sulfonamides is 1. The number of ether oxygens (including phenoxy) is 1. The molecule has 20 heavy (non-hydrogen) atoms. The number of halogens is 1. The summed E-state index contributed by atoms with van der Waals surface area (Å²) in [6.07, 6.45) is 0. The molecule has 0 saturated heterocycles. The molecular formula is C13H21FN2O3S. The van der Waals surface area contributed by atoms with Crippen molar-refractivity contribution in [3.05, 3.63) is 23.5 Å². The fourth-order valence-electron chi connectivity index (χ4n) is 1.76. The Kier molecular flexibility index (Phi) is 5.91. The third-order valence-corrected chi connectivity index (χ3v) is 4.97. The molecule has 1 aromatic rings. The van der Waals surface area contributed by atoms with Crippen molar-refractivity contribution >= 4 is 15.7 Å². The molecule has 0 aliphatic carbocycles. The van der Waals surface area contributed by atoms with Crippen LogP contribution in [-0.4, -0.2) is 39.0 Å². The van der Waals surface area contributed by atoms with Gasteiger partial charge in [0.1, 0.15) is 10.7 Å². The van der Waals surface area contributed by atoms with Gasteiger partial charge in [-0.15, -0.1) is 0 Å². The summed E-state index contributed by atoms with van der Waals surface area (Å²) in [6.45, 7) is 6.34. The Morgan fingerprint density at radius 3 is 2.55 bits per heavy atom. The molecular weight excluding hydrogens is 283 g/mol. The minimum Gasteiger partial charge on any atom is -0.398 e. The minimum absolute atomic E-state index is 0.180. The van der Waals surface area contributed by atoms with Gasteiger partial charge in [-0.3, -0.25) is 0 Å². The van der Waals surface area contributed by atoms with E-state index in [1.807, 2.05) is 6.92 Å². The molecule has 0 aliphatic rings. The lowest BCUT2D eigenvalue weighted by molar-refractivity contribution is 0.135. The second-order valence-electron chi connectivity index (χ2n) is 4.33. The first-order valence-corrected chi connectivity index (χ1v) is 7.92. The third-order valence-electron chi connectivity index (χ3n) is 2.98. The number of hydrogen-bond donors (Lipinski definition) is 1. The Labute approximate surface area is 119 Å². The summed E-state index contributed by atoms with van der Waals surface area (Å²) in [7, 11) is -3.90. The highest BCUT2D eigenvalue weighted by molar-refractivity contribution is 7.89. The highest BCUT2D eigenvalue weighted by Gasteiger charge is 2.26. The maximum absolute atomic E-state index is 13.9. The van der Waals surface area contributed by atoms with Crippen LogP contribution in [0.5, 0.6) is 0 Å². The zero-order valence-electron chi connectivity index (χ0n) is 12.0. The SMILES string of the molecule is CCOCCN(CC)S(=O)(=O)c1cc(N)c(C)cc1F. The van der Waals surface area contributed by atoms with E-state index in [9.17, 15) is 12.8 Å². The lowest BCUT2D eigenvalue weighted by atomic mass is 10.2. The van der Waals surface area contributed by atoms with E-state index in [-0.39, 0.29) is 30.3 Å². The third kappa shape index (κ3) is 3.68. The molecule has 114 valence electrons. The van der Waals surface area contributed by atoms with E-state index in [4.69, 9.17) is 10.5 Å². The van der Waals surface area contributed by atoms with Crippen molar-refractivity contribution in [2.24, 2.45) is 0 Å². The van der Waals surface area contributed by atoms with Crippen LogP contribution in [0.3, 0.4) is 0 Å². The lowest BCUT2D eigenvalue weighted by Gasteiger charge is -2.21. The minimum atomic E-state index is -3.90. The highest BCUT2D eigenvalue weighted by Crippen LogP contribution is 2.24. The number of hydrogen-bond acceptors (Lipinski definition) is 4. The molecule has 0 radical (unpaired) electrons. The van der Waals surface area contributed by atoms with E-state index in [0.29, 0.717) is 12.2 Å². The molecule has 0 saturated carbocycles. The average molecular weight is 304 g/mol. The number of aryl methyl sites for hydroxylation is 1. The predicted octanol–water partition coefficient (Wildman–Crippen LogP) is 1.76. The van der Waals surface area contributed by atoms with Crippen LogP contribution >= 0.6 is 0 Å². The number of nitrogens with zero attached hydrogens (tertiary/aromatic N) is 1. The number of anilines is 1. The largest absolute Gasteiger partial charge is 0.398 e. The molecule has 1 rings (SSSR count). The Hall–Kier alpha value is -1.18. The first-order valence-electron chi connectivity index (χ1n) is 6.48. The molecule has 0 fully saturated rings. The molecule has 1 aromatic carbocycles. The van der Waals surface area contributed by atoms with Crippen molar-refractivity contribution < 1.29 is 17.5 Å². The number of nitrogens with two attached hydrogens (primary N) is 1. The summed E-state index contributed by atoms with van der Waals surface area (Å²) in [5.41, 5.74) is 6.44. The van der Waals surface area contributed by atoms with Gasteiger partial charge in [0.2, 0.25) is 10.0 Å². The first-order chi connectivity index (χ1) is 9.34. The molecule has 0 aromatic heterocycles. The van der Waals surface area contributed by atoms with Crippen LogP contribution in [0.2, 0.25) is 0 Å². The van der Waals surface area contributed by atoms with Gasteiger partial charge in [-0.25, -0.2) is 12.8 Å². The second kappa shape index (κ2) is 7.01. The number of nitrogen functional groups attached to an aromatic ring is 1. The van der Waals surface area contributed by atoms with Crippen molar-refractivity contribution in [2.75, 3.05) is 32.0 Å². The van der Waals surface area contributed by atoms with Gasteiger partial charge in [-0.1, -0.05) is 6.92 Å². The standard InChI is InChI=1S/C13H21FN2O3S/c1-4-16(6-7-19-5-2)20(17,18)13-9-12(15)10(3)8-11(13)14/h8-9H,4-7,15H2,1-3H3. The fourth-order valence-corrected chi connectivity index (χ4v) is 3.28. The van der Waals surface area contributed by atoms with E-state index in [2.05, 4.69) is 0 Å². The Morgan fingerprint density at radius 1 is 1.35 bits per heavy atom. The summed E-state index contributed by atoms with van der Waals surface area (Å²) >= 11 is 0. The quantitative estimate of drug-likeness (QED) is 0.615. The van der Waals surface area contributed by atoms with E-state index in [0.717, 1.165) is 6.07 Å². The van der Waals surface area contributed by atoms with Gasteiger partial charge in [0, 0.05) is 25.4 Å². The number of likely N-dealkylation sites (N-methyl/N-ethyl adjacent to an activating group) is 1. The van der Waals surface area contributed by atoms with Crippen molar-refractivity contribution in [2.45, 2.75) is 25.7 Å². The summed E-state index contributed by atoms with van der Waals surface area (Å²) in [4.78, 5) is -0.390. The van der Waals surface area contributed by atoms with Crippen LogP contribution in [0, 0.1) is 12.7 Å². The van der Waals surface area contributed by atoms with Crippen LogP contribution in [0.15, 0.2) is 17.0 Å². The van der Waals surface area contributed by atoms with Gasteiger partial charge >= 0.3 is 0 Å². The van der Waals surface area contributed by atoms with Crippen LogP contribution in [0.4, 0.5) is 10.1 Å². The van der Waals surface area contributed by atoms with Crippen LogP contribution in [0.25, 0.3) is 0 Å². The molecule has 2 N–H and O–H groups in total. The van der Waals surface area contributed by atoms with E-state index in [1.54, 1.807) is 13.8 Å². The highest BCUT2D eigenvalue weighted by atomic mass is 32.2. The normalized spacial score (nSPS) is 12.1. The number of rotatable bonds is 7. The van der Waals surface area contributed by atoms with Crippen LogP contribution in [0.1, 0.15) is 19.4 Å². The summed E-state index contributed by atoms with van der Waals surface area (Å²) in [5, 5.41) is 0. The molecule has 0 aliphatic heterocycles. The summed E-state index contributed by atoms with van der Waals surface area (Å²) in [6, 6.07) is 2.31. The molecule has 0 atom stereocenters. The smallest absolute Gasteiger partial charge is 0.246 e. The first kappa shape index (κ1) is 16.9. The van der Waals surface area contributed by atoms with E-state index < -0.39 is 15.8 Å². The van der Waals surface area contributed by atoms with Gasteiger partial charge in [0.25, 0.3) is 0 Å². The maximum atomic E-state index is 13.9. The summed E-state index contributed by atoms with van der Waals surface area (Å²) in [5.74, 6) is -0.786. The van der Waals surface area contributed by atoms with Gasteiger partial charge in [-0.05, 0) is 31.5 Å². The van der Waals surface area contributed by atoms with Crippen molar-refractivity contribution in [1.29, 1.82) is 0 Å². The predicted molar refractivity (Wildman–Crippen MR) is 76.5 cm³/mol. The molecule has 0 bridgehead atoms. The zero-order chi connectivity index (χ0) is 15.3. The topological polar surface area (TPSA) is 72.6 Å². The molecule has 0 amide bonds. The Balaban J connectivity index is 3.11. The molecule has 0 spiro atoms. The Bertz CT molecular complexity index is 561. The maximum Gasteiger partial charge on any atom is 0.246 e. The van der Waals surface area contributed by atoms with Crippen molar-refractivity contribution in [3.63, 3.8) is 0 Å². The summed E-state index contributed by atoms with van der Waals surface area (Å²) < 4.78 is 45.1. The van der Waals surface area contributed by atoms with E-state index >= 15 is 0 Å². The number of benzene rings is 1. The van der Waals surface area contributed by atoms with Crippen LogP contribution in [-0.2, 0) is 14.8 Å². The molecule has 0 unspecified atom stereocenters. The van der Waals surface area contributed by atoms with Gasteiger partial charge in [-0.2, -0.15) is 4.31 Å². The van der Waals surface area contributed by atoms with Gasteiger partial charge in [0.15, 0.2) is 0 Å².